The fourth-order valence-corrected chi connectivity index (χ4v) is 8.81. The van der Waals surface area contributed by atoms with Crippen LogP contribution in [0.3, 0.4) is 0 Å². The predicted molar refractivity (Wildman–Crippen MR) is 280 cm³/mol. The highest BCUT2D eigenvalue weighted by molar-refractivity contribution is 7.47. The number of carbonyl (C=O) groups is 2. The number of nitrogens with zero attached hydrogens (tertiary/aromatic N) is 1. The van der Waals surface area contributed by atoms with E-state index in [2.05, 4.69) is 38.2 Å². The van der Waals surface area contributed by atoms with Crippen molar-refractivity contribution in [2.75, 3.05) is 47.5 Å². The van der Waals surface area contributed by atoms with E-state index in [4.69, 9.17) is 18.5 Å². The summed E-state index contributed by atoms with van der Waals surface area (Å²) in [6, 6.07) is 0. The van der Waals surface area contributed by atoms with Crippen LogP contribution in [0.25, 0.3) is 0 Å². The smallest absolute Gasteiger partial charge is 0.462 e. The van der Waals surface area contributed by atoms with Crippen LogP contribution in [0.2, 0.25) is 0 Å². The lowest BCUT2D eigenvalue weighted by Gasteiger charge is -2.24. The number of carbonyl (C=O) groups excluding carboxylic acids is 2. The summed E-state index contributed by atoms with van der Waals surface area (Å²) in [5, 5.41) is 0. The van der Waals surface area contributed by atoms with Gasteiger partial charge in [0, 0.05) is 12.8 Å². The number of allylic oxidation sites excluding steroid dienone is 4. The van der Waals surface area contributed by atoms with Gasteiger partial charge in [-0.05, 0) is 64.2 Å². The number of rotatable bonds is 52. The predicted octanol–water partition coefficient (Wildman–Crippen LogP) is 17.0. The molecular formula is C56H109NO8P+. The number of likely N-dealkylation sites (N-methyl/N-ethyl adjacent to an activating group) is 1. The summed E-state index contributed by atoms with van der Waals surface area (Å²) in [6.07, 6.45) is 56.6. The van der Waals surface area contributed by atoms with Gasteiger partial charge in [-0.15, -0.1) is 0 Å². The van der Waals surface area contributed by atoms with Gasteiger partial charge in [-0.25, -0.2) is 4.57 Å². The van der Waals surface area contributed by atoms with Gasteiger partial charge in [0.05, 0.1) is 27.7 Å². The van der Waals surface area contributed by atoms with E-state index in [0.717, 1.165) is 32.1 Å². The van der Waals surface area contributed by atoms with Crippen molar-refractivity contribution < 1.29 is 42.1 Å². The first-order valence-electron chi connectivity index (χ1n) is 28.1. The third kappa shape index (κ3) is 51.9. The Bertz CT molecular complexity index is 1170. The summed E-state index contributed by atoms with van der Waals surface area (Å²) in [4.78, 5) is 35.6. The topological polar surface area (TPSA) is 108 Å². The zero-order chi connectivity index (χ0) is 48.5. The normalized spacial score (nSPS) is 13.5. The Labute approximate surface area is 409 Å². The SMILES string of the molecule is CCCCCCCC/C=C\CCCCCCCCCCCCCC(=O)OC[C@H](COP(=O)(O)OCC[N+](C)(C)C)OC(=O)CCCCCCCCCCCCC/C=C\CCCCCCCC. The standard InChI is InChI=1S/C56H108NO8P/c1-6-8-10-12-14-16-18-20-22-24-26-28-30-32-34-36-38-40-42-44-46-48-55(58)62-52-54(53-64-66(60,61)63-51-50-57(3,4)5)65-56(59)49-47-45-43-41-39-37-35-33-31-29-27-25-23-21-19-17-15-13-11-9-7-2/h20-23,54H,6-19,24-53H2,1-5H3/p+1/b22-20-,23-21-/t54-/m1/s1. The molecule has 0 aromatic carbocycles. The third-order valence-electron chi connectivity index (χ3n) is 12.5. The van der Waals surface area contributed by atoms with Crippen molar-refractivity contribution in [2.45, 2.75) is 277 Å². The Hall–Kier alpha value is -1.51. The van der Waals surface area contributed by atoms with Crippen molar-refractivity contribution >= 4 is 19.8 Å². The molecule has 0 rings (SSSR count). The van der Waals surface area contributed by atoms with Gasteiger partial charge in [-0.2, -0.15) is 0 Å². The molecule has 0 aliphatic carbocycles. The van der Waals surface area contributed by atoms with Gasteiger partial charge in [0.1, 0.15) is 19.8 Å². The van der Waals surface area contributed by atoms with Gasteiger partial charge < -0.3 is 18.9 Å². The molecule has 2 atom stereocenters. The molecule has 0 spiro atoms. The highest BCUT2D eigenvalue weighted by Crippen LogP contribution is 2.43. The van der Waals surface area contributed by atoms with Gasteiger partial charge in [-0.3, -0.25) is 18.6 Å². The first-order valence-corrected chi connectivity index (χ1v) is 29.6. The number of hydrogen-bond acceptors (Lipinski definition) is 7. The Kier molecular flexibility index (Phi) is 47.4. The molecule has 0 fully saturated rings. The molecule has 0 saturated carbocycles. The van der Waals surface area contributed by atoms with Crippen LogP contribution >= 0.6 is 7.82 Å². The second-order valence-electron chi connectivity index (χ2n) is 20.3. The largest absolute Gasteiger partial charge is 0.472 e. The van der Waals surface area contributed by atoms with Crippen molar-refractivity contribution in [3.05, 3.63) is 24.3 Å². The lowest BCUT2D eigenvalue weighted by molar-refractivity contribution is -0.870. The monoisotopic (exact) mass is 955 g/mol. The number of esters is 2. The van der Waals surface area contributed by atoms with E-state index in [-0.39, 0.29) is 25.6 Å². The van der Waals surface area contributed by atoms with E-state index in [1.807, 2.05) is 21.1 Å². The Morgan fingerprint density at radius 2 is 0.773 bits per heavy atom. The fourth-order valence-electron chi connectivity index (χ4n) is 8.07. The quantitative estimate of drug-likeness (QED) is 0.0211. The van der Waals surface area contributed by atoms with Crippen LogP contribution in [0.1, 0.15) is 271 Å². The van der Waals surface area contributed by atoms with Crippen LogP contribution in [-0.2, 0) is 32.7 Å². The van der Waals surface area contributed by atoms with Gasteiger partial charge in [0.25, 0.3) is 0 Å². The zero-order valence-corrected chi connectivity index (χ0v) is 45.1. The highest BCUT2D eigenvalue weighted by atomic mass is 31.2. The Morgan fingerprint density at radius 3 is 1.12 bits per heavy atom. The average Bonchev–Trinajstić information content (AvgIpc) is 3.27. The fraction of sp³-hybridized carbons (Fsp3) is 0.893. The first-order chi connectivity index (χ1) is 32.0. The second kappa shape index (κ2) is 48.5. The summed E-state index contributed by atoms with van der Waals surface area (Å²) in [5.74, 6) is -0.786. The second-order valence-corrected chi connectivity index (χ2v) is 21.8. The molecule has 66 heavy (non-hydrogen) atoms. The van der Waals surface area contributed by atoms with Crippen LogP contribution in [0.4, 0.5) is 0 Å². The minimum absolute atomic E-state index is 0.0336. The molecule has 1 N–H and O–H groups in total. The summed E-state index contributed by atoms with van der Waals surface area (Å²) in [5.41, 5.74) is 0. The molecule has 0 aromatic rings. The van der Waals surface area contributed by atoms with E-state index in [1.54, 1.807) is 0 Å². The molecule has 0 aliphatic heterocycles. The zero-order valence-electron chi connectivity index (χ0n) is 44.2. The van der Waals surface area contributed by atoms with Crippen LogP contribution < -0.4 is 0 Å². The van der Waals surface area contributed by atoms with Crippen LogP contribution in [0.15, 0.2) is 24.3 Å². The van der Waals surface area contributed by atoms with E-state index < -0.39 is 26.5 Å². The number of phosphoric acid groups is 1. The van der Waals surface area contributed by atoms with Crippen LogP contribution in [0.5, 0.6) is 0 Å². The highest BCUT2D eigenvalue weighted by Gasteiger charge is 2.27. The van der Waals surface area contributed by atoms with Crippen molar-refractivity contribution in [2.24, 2.45) is 0 Å². The molecular weight excluding hydrogens is 846 g/mol. The number of hydrogen-bond donors (Lipinski definition) is 1. The molecule has 390 valence electrons. The molecule has 9 nitrogen and oxygen atoms in total. The molecule has 10 heteroatoms. The molecule has 0 bridgehead atoms. The van der Waals surface area contributed by atoms with Crippen molar-refractivity contribution in [3.63, 3.8) is 0 Å². The van der Waals surface area contributed by atoms with E-state index >= 15 is 0 Å². The molecule has 0 aliphatic rings. The minimum atomic E-state index is -4.38. The maximum absolute atomic E-state index is 12.8. The third-order valence-corrected chi connectivity index (χ3v) is 13.4. The lowest BCUT2D eigenvalue weighted by Crippen LogP contribution is -2.37. The lowest BCUT2D eigenvalue weighted by atomic mass is 10.0. The van der Waals surface area contributed by atoms with Gasteiger partial charge >= 0.3 is 19.8 Å². The number of phosphoric ester groups is 1. The van der Waals surface area contributed by atoms with E-state index in [9.17, 15) is 19.0 Å². The number of ether oxygens (including phenoxy) is 2. The molecule has 0 amide bonds. The van der Waals surface area contributed by atoms with Crippen molar-refractivity contribution in [1.82, 2.24) is 0 Å². The summed E-state index contributed by atoms with van der Waals surface area (Å²) >= 11 is 0. The van der Waals surface area contributed by atoms with Gasteiger partial charge in [0.15, 0.2) is 6.10 Å². The Morgan fingerprint density at radius 1 is 0.455 bits per heavy atom. The molecule has 0 radical (unpaired) electrons. The summed E-state index contributed by atoms with van der Waals surface area (Å²) < 4.78 is 34.6. The van der Waals surface area contributed by atoms with Gasteiger partial charge in [0.2, 0.25) is 0 Å². The van der Waals surface area contributed by atoms with E-state index in [0.29, 0.717) is 23.9 Å². The minimum Gasteiger partial charge on any atom is -0.462 e. The molecule has 0 heterocycles. The summed E-state index contributed by atoms with van der Waals surface area (Å²) in [7, 11) is 1.49. The maximum atomic E-state index is 12.8. The van der Waals surface area contributed by atoms with E-state index in [1.165, 1.54) is 205 Å². The maximum Gasteiger partial charge on any atom is 0.472 e. The number of quaternary nitrogens is 1. The summed E-state index contributed by atoms with van der Waals surface area (Å²) in [6.45, 7) is 4.47. The van der Waals surface area contributed by atoms with Crippen molar-refractivity contribution in [1.29, 1.82) is 0 Å². The first kappa shape index (κ1) is 64.5. The van der Waals surface area contributed by atoms with Crippen LogP contribution in [-0.4, -0.2) is 74.9 Å². The van der Waals surface area contributed by atoms with Crippen LogP contribution in [0, 0.1) is 0 Å². The average molecular weight is 955 g/mol. The molecule has 0 aromatic heterocycles. The van der Waals surface area contributed by atoms with Crippen molar-refractivity contribution in [3.8, 4) is 0 Å². The molecule has 1 unspecified atom stereocenters. The molecule has 0 saturated heterocycles. The Balaban J connectivity index is 4.17. The van der Waals surface area contributed by atoms with Gasteiger partial charge in [-0.1, -0.05) is 218 Å². The number of unbranched alkanes of at least 4 members (excludes halogenated alkanes) is 34.